The van der Waals surface area contributed by atoms with Crippen molar-refractivity contribution < 1.29 is 4.79 Å². The number of halogens is 1. The molecule has 0 N–H and O–H groups in total. The van der Waals surface area contributed by atoms with Gasteiger partial charge in [0.05, 0.1) is 17.8 Å². The highest BCUT2D eigenvalue weighted by atomic mass is 35.5. The van der Waals surface area contributed by atoms with Gasteiger partial charge in [-0.3, -0.25) is 4.79 Å². The van der Waals surface area contributed by atoms with Crippen molar-refractivity contribution in [2.75, 3.05) is 5.01 Å². The van der Waals surface area contributed by atoms with Gasteiger partial charge in [-0.05, 0) is 29.8 Å². The average molecular weight is 271 g/mol. The van der Waals surface area contributed by atoms with E-state index < -0.39 is 0 Å². The van der Waals surface area contributed by atoms with E-state index in [4.69, 9.17) is 11.6 Å². The molecule has 1 heterocycles. The highest BCUT2D eigenvalue weighted by molar-refractivity contribution is 6.31. The normalized spacial score (nSPS) is 14.7. The first-order chi connectivity index (χ1) is 9.24. The number of nitrogens with zero attached hydrogens (tertiary/aromatic N) is 2. The van der Waals surface area contributed by atoms with Crippen molar-refractivity contribution in [3.05, 3.63) is 65.2 Å². The molecule has 1 aliphatic rings. The summed E-state index contributed by atoms with van der Waals surface area (Å²) in [6, 6.07) is 16.8. The van der Waals surface area contributed by atoms with Crippen LogP contribution in [0.5, 0.6) is 0 Å². The van der Waals surface area contributed by atoms with Gasteiger partial charge in [-0.25, -0.2) is 5.01 Å². The van der Waals surface area contributed by atoms with Gasteiger partial charge in [0.1, 0.15) is 0 Å². The van der Waals surface area contributed by atoms with E-state index in [-0.39, 0.29) is 5.91 Å². The van der Waals surface area contributed by atoms with Gasteiger partial charge in [0.2, 0.25) is 0 Å². The van der Waals surface area contributed by atoms with Crippen LogP contribution in [0.1, 0.15) is 12.0 Å². The molecule has 4 heteroatoms. The summed E-state index contributed by atoms with van der Waals surface area (Å²) in [5, 5.41) is 6.48. The summed E-state index contributed by atoms with van der Waals surface area (Å²) in [4.78, 5) is 12.0. The molecule has 3 nitrogen and oxygen atoms in total. The minimum absolute atomic E-state index is 0.0267. The predicted molar refractivity (Wildman–Crippen MR) is 76.5 cm³/mol. The molecule has 0 aromatic heterocycles. The summed E-state index contributed by atoms with van der Waals surface area (Å²) in [6.45, 7) is 0. The second kappa shape index (κ2) is 4.86. The molecule has 0 fully saturated rings. The van der Waals surface area contributed by atoms with Crippen LogP contribution in [-0.2, 0) is 4.79 Å². The SMILES string of the molecule is O=C1CC(c2cccc(Cl)c2)=NN1c1ccccc1. The summed E-state index contributed by atoms with van der Waals surface area (Å²) < 4.78 is 0. The predicted octanol–water partition coefficient (Wildman–Crippen LogP) is 3.48. The van der Waals surface area contributed by atoms with Crippen molar-refractivity contribution in [2.24, 2.45) is 5.10 Å². The molecule has 3 rings (SSSR count). The average Bonchev–Trinajstić information content (AvgIpc) is 2.82. The lowest BCUT2D eigenvalue weighted by Gasteiger charge is -2.10. The number of carbonyl (C=O) groups is 1. The zero-order valence-corrected chi connectivity index (χ0v) is 10.8. The van der Waals surface area contributed by atoms with Gasteiger partial charge in [-0.15, -0.1) is 0 Å². The summed E-state index contributed by atoms with van der Waals surface area (Å²) >= 11 is 5.96. The molecular weight excluding hydrogens is 260 g/mol. The lowest BCUT2D eigenvalue weighted by molar-refractivity contribution is -0.116. The third-order valence-corrected chi connectivity index (χ3v) is 3.17. The summed E-state index contributed by atoms with van der Waals surface area (Å²) in [5.41, 5.74) is 2.42. The summed E-state index contributed by atoms with van der Waals surface area (Å²) in [7, 11) is 0. The fourth-order valence-corrected chi connectivity index (χ4v) is 2.22. The van der Waals surface area contributed by atoms with E-state index >= 15 is 0 Å². The first-order valence-corrected chi connectivity index (χ1v) is 6.33. The fraction of sp³-hybridized carbons (Fsp3) is 0.0667. The van der Waals surface area contributed by atoms with E-state index in [0.29, 0.717) is 11.4 Å². The Morgan fingerprint density at radius 3 is 2.58 bits per heavy atom. The van der Waals surface area contributed by atoms with Crippen molar-refractivity contribution in [3.8, 4) is 0 Å². The Labute approximate surface area is 116 Å². The molecular formula is C15H11ClN2O. The number of carbonyl (C=O) groups excluding carboxylic acids is 1. The van der Waals surface area contributed by atoms with E-state index in [9.17, 15) is 4.79 Å². The molecule has 1 amide bonds. The number of anilines is 1. The van der Waals surface area contributed by atoms with Crippen molar-refractivity contribution in [2.45, 2.75) is 6.42 Å². The van der Waals surface area contributed by atoms with Crippen LogP contribution in [0.2, 0.25) is 5.02 Å². The molecule has 0 bridgehead atoms. The highest BCUT2D eigenvalue weighted by Crippen LogP contribution is 2.23. The molecule has 0 saturated carbocycles. The molecule has 94 valence electrons. The zero-order valence-electron chi connectivity index (χ0n) is 10.1. The monoisotopic (exact) mass is 270 g/mol. The van der Waals surface area contributed by atoms with E-state index in [1.54, 1.807) is 6.07 Å². The van der Waals surface area contributed by atoms with Crippen LogP contribution < -0.4 is 5.01 Å². The largest absolute Gasteiger partial charge is 0.272 e. The standard InChI is InChI=1S/C15H11ClN2O/c16-12-6-4-5-11(9-12)14-10-15(19)18(17-14)13-7-2-1-3-8-13/h1-9H,10H2. The van der Waals surface area contributed by atoms with Crippen LogP contribution in [0.15, 0.2) is 59.7 Å². The molecule has 0 saturated heterocycles. The van der Waals surface area contributed by atoms with Crippen LogP contribution in [0.25, 0.3) is 0 Å². The van der Waals surface area contributed by atoms with Crippen molar-refractivity contribution in [1.82, 2.24) is 0 Å². The van der Waals surface area contributed by atoms with Crippen molar-refractivity contribution in [1.29, 1.82) is 0 Å². The van der Waals surface area contributed by atoms with Gasteiger partial charge in [0.15, 0.2) is 0 Å². The van der Waals surface area contributed by atoms with E-state index in [2.05, 4.69) is 5.10 Å². The van der Waals surface area contributed by atoms with E-state index in [1.807, 2.05) is 48.5 Å². The van der Waals surface area contributed by atoms with Crippen molar-refractivity contribution in [3.63, 3.8) is 0 Å². The Hall–Kier alpha value is -2.13. The van der Waals surface area contributed by atoms with Crippen LogP contribution in [0, 0.1) is 0 Å². The first kappa shape index (κ1) is 11.9. The molecule has 0 radical (unpaired) electrons. The zero-order chi connectivity index (χ0) is 13.2. The number of amides is 1. The van der Waals surface area contributed by atoms with Crippen LogP contribution in [0.3, 0.4) is 0 Å². The lowest BCUT2D eigenvalue weighted by Crippen LogP contribution is -2.19. The quantitative estimate of drug-likeness (QED) is 0.822. The second-order valence-corrected chi connectivity index (χ2v) is 4.71. The smallest absolute Gasteiger partial charge is 0.253 e. The van der Waals surface area contributed by atoms with Crippen molar-refractivity contribution >= 4 is 28.9 Å². The molecule has 2 aromatic rings. The Bertz CT molecular complexity index is 652. The van der Waals surface area contributed by atoms with Gasteiger partial charge < -0.3 is 0 Å². The summed E-state index contributed by atoms with van der Waals surface area (Å²) in [5.74, 6) is -0.0267. The molecule has 0 aliphatic carbocycles. The second-order valence-electron chi connectivity index (χ2n) is 4.27. The van der Waals surface area contributed by atoms with Crippen LogP contribution in [0.4, 0.5) is 5.69 Å². The third kappa shape index (κ3) is 2.37. The molecule has 0 atom stereocenters. The highest BCUT2D eigenvalue weighted by Gasteiger charge is 2.25. The Morgan fingerprint density at radius 2 is 1.84 bits per heavy atom. The Morgan fingerprint density at radius 1 is 1.05 bits per heavy atom. The van der Waals surface area contributed by atoms with Gasteiger partial charge in [0.25, 0.3) is 5.91 Å². The molecule has 0 unspecified atom stereocenters. The Kier molecular flexibility index (Phi) is 3.05. The number of para-hydroxylation sites is 1. The first-order valence-electron chi connectivity index (χ1n) is 5.95. The topological polar surface area (TPSA) is 32.7 Å². The maximum absolute atomic E-state index is 12.0. The molecule has 19 heavy (non-hydrogen) atoms. The number of hydrazone groups is 1. The minimum Gasteiger partial charge on any atom is -0.272 e. The third-order valence-electron chi connectivity index (χ3n) is 2.93. The number of benzene rings is 2. The van der Waals surface area contributed by atoms with Gasteiger partial charge in [-0.1, -0.05) is 41.9 Å². The van der Waals surface area contributed by atoms with Crippen LogP contribution >= 0.6 is 11.6 Å². The maximum Gasteiger partial charge on any atom is 0.253 e. The number of hydrogen-bond donors (Lipinski definition) is 0. The van der Waals surface area contributed by atoms with Gasteiger partial charge >= 0.3 is 0 Å². The molecule has 0 spiro atoms. The van der Waals surface area contributed by atoms with Gasteiger partial charge in [-0.2, -0.15) is 5.10 Å². The van der Waals surface area contributed by atoms with Crippen LogP contribution in [-0.4, -0.2) is 11.6 Å². The minimum atomic E-state index is -0.0267. The van der Waals surface area contributed by atoms with Gasteiger partial charge in [0, 0.05) is 5.02 Å². The van der Waals surface area contributed by atoms with E-state index in [1.165, 1.54) is 5.01 Å². The maximum atomic E-state index is 12.0. The number of hydrogen-bond acceptors (Lipinski definition) is 2. The molecule has 2 aromatic carbocycles. The van der Waals surface area contributed by atoms with E-state index in [0.717, 1.165) is 17.0 Å². The molecule has 1 aliphatic heterocycles. The number of rotatable bonds is 2. The fourth-order valence-electron chi connectivity index (χ4n) is 2.03. The lowest BCUT2D eigenvalue weighted by atomic mass is 10.1. The Balaban J connectivity index is 1.96. The summed E-state index contributed by atoms with van der Waals surface area (Å²) in [6.07, 6.45) is 0.301.